The lowest BCUT2D eigenvalue weighted by Crippen LogP contribution is -2.18. The summed E-state index contributed by atoms with van der Waals surface area (Å²) in [6.45, 7) is 6.40. The molecule has 0 radical (unpaired) electrons. The maximum absolute atomic E-state index is 10.9. The van der Waals surface area contributed by atoms with Crippen LogP contribution in [0.25, 0.3) is 0 Å². The first-order chi connectivity index (χ1) is 9.49. The molecule has 0 saturated carbocycles. The van der Waals surface area contributed by atoms with Crippen molar-refractivity contribution in [1.82, 2.24) is 5.32 Å². The van der Waals surface area contributed by atoms with Crippen molar-refractivity contribution in [2.75, 3.05) is 0 Å². The number of carboxylic acids is 1. The van der Waals surface area contributed by atoms with Crippen molar-refractivity contribution in [2.45, 2.75) is 33.4 Å². The Morgan fingerprint density at radius 3 is 2.60 bits per heavy atom. The minimum Gasteiger partial charge on any atom is -0.475 e. The number of furan rings is 1. The Morgan fingerprint density at radius 1 is 1.30 bits per heavy atom. The molecule has 1 aromatic heterocycles. The zero-order chi connectivity index (χ0) is 14.7. The van der Waals surface area contributed by atoms with Crippen molar-refractivity contribution in [3.8, 4) is 0 Å². The molecule has 2 rings (SSSR count). The fourth-order valence-corrected chi connectivity index (χ4v) is 2.28. The highest BCUT2D eigenvalue weighted by atomic mass is 16.4. The van der Waals surface area contributed by atoms with Crippen LogP contribution in [0.3, 0.4) is 0 Å². The summed E-state index contributed by atoms with van der Waals surface area (Å²) in [6, 6.07) is 10.1. The molecule has 0 saturated heterocycles. The van der Waals surface area contributed by atoms with Crippen molar-refractivity contribution in [3.05, 3.63) is 58.5 Å². The third-order valence-electron chi connectivity index (χ3n) is 3.40. The number of benzene rings is 1. The van der Waals surface area contributed by atoms with Gasteiger partial charge in [-0.05, 0) is 38.0 Å². The molecule has 1 atom stereocenters. The van der Waals surface area contributed by atoms with Gasteiger partial charge in [-0.1, -0.05) is 24.3 Å². The minimum atomic E-state index is -1.03. The Kier molecular flexibility index (Phi) is 4.25. The smallest absolute Gasteiger partial charge is 0.372 e. The van der Waals surface area contributed by atoms with Crippen molar-refractivity contribution < 1.29 is 14.3 Å². The summed E-state index contributed by atoms with van der Waals surface area (Å²) in [7, 11) is 0. The van der Waals surface area contributed by atoms with Gasteiger partial charge in [-0.25, -0.2) is 4.79 Å². The summed E-state index contributed by atoms with van der Waals surface area (Å²) >= 11 is 0. The second-order valence-electron chi connectivity index (χ2n) is 4.99. The predicted molar refractivity (Wildman–Crippen MR) is 76.8 cm³/mol. The molecule has 1 heterocycles. The first-order valence-electron chi connectivity index (χ1n) is 6.60. The molecular weight excluding hydrogens is 254 g/mol. The lowest BCUT2D eigenvalue weighted by atomic mass is 10.0. The van der Waals surface area contributed by atoms with Crippen molar-refractivity contribution in [2.24, 2.45) is 0 Å². The van der Waals surface area contributed by atoms with E-state index in [1.165, 1.54) is 11.1 Å². The summed E-state index contributed by atoms with van der Waals surface area (Å²) < 4.78 is 5.33. The maximum Gasteiger partial charge on any atom is 0.372 e. The van der Waals surface area contributed by atoms with Crippen molar-refractivity contribution >= 4 is 5.97 Å². The number of hydrogen-bond donors (Lipinski definition) is 2. The van der Waals surface area contributed by atoms with E-state index in [1.807, 2.05) is 12.1 Å². The van der Waals surface area contributed by atoms with Gasteiger partial charge >= 0.3 is 5.97 Å². The third kappa shape index (κ3) is 3.08. The van der Waals surface area contributed by atoms with E-state index in [-0.39, 0.29) is 11.8 Å². The molecule has 0 aliphatic heterocycles. The fraction of sp³-hybridized carbons (Fsp3) is 0.312. The van der Waals surface area contributed by atoms with Crippen LogP contribution in [-0.2, 0) is 6.54 Å². The monoisotopic (exact) mass is 273 g/mol. The Hall–Kier alpha value is -2.07. The standard InChI is InChI=1S/C16H19NO3/c1-10-6-4-5-7-14(10)12(3)17-9-13-8-11(2)15(20-13)16(18)19/h4-8,12,17H,9H2,1-3H3,(H,18,19). The first kappa shape index (κ1) is 14.3. The van der Waals surface area contributed by atoms with Crippen LogP contribution in [0.1, 0.15) is 46.0 Å². The third-order valence-corrected chi connectivity index (χ3v) is 3.40. The molecule has 106 valence electrons. The zero-order valence-electron chi connectivity index (χ0n) is 11.9. The molecule has 4 nitrogen and oxygen atoms in total. The number of hydrogen-bond acceptors (Lipinski definition) is 3. The molecule has 0 fully saturated rings. The highest BCUT2D eigenvalue weighted by molar-refractivity contribution is 5.86. The lowest BCUT2D eigenvalue weighted by molar-refractivity contribution is 0.0659. The zero-order valence-corrected chi connectivity index (χ0v) is 11.9. The molecule has 0 aliphatic rings. The van der Waals surface area contributed by atoms with Gasteiger partial charge in [0.2, 0.25) is 5.76 Å². The van der Waals surface area contributed by atoms with Gasteiger partial charge < -0.3 is 14.8 Å². The number of nitrogens with one attached hydrogen (secondary N) is 1. The molecule has 1 unspecified atom stereocenters. The van der Waals surface area contributed by atoms with Crippen molar-refractivity contribution in [1.29, 1.82) is 0 Å². The van der Waals surface area contributed by atoms with Gasteiger partial charge in [-0.2, -0.15) is 0 Å². The van der Waals surface area contributed by atoms with Gasteiger partial charge in [0, 0.05) is 11.6 Å². The Balaban J connectivity index is 2.04. The molecule has 0 bridgehead atoms. The number of aromatic carboxylic acids is 1. The van der Waals surface area contributed by atoms with E-state index >= 15 is 0 Å². The second-order valence-corrected chi connectivity index (χ2v) is 4.99. The minimum absolute atomic E-state index is 0.0188. The van der Waals surface area contributed by atoms with E-state index in [0.717, 1.165) is 0 Å². The van der Waals surface area contributed by atoms with Gasteiger partial charge in [-0.15, -0.1) is 0 Å². The Labute approximate surface area is 118 Å². The largest absolute Gasteiger partial charge is 0.475 e. The molecule has 1 aromatic carbocycles. The molecular formula is C16H19NO3. The van der Waals surface area contributed by atoms with E-state index in [2.05, 4.69) is 31.3 Å². The van der Waals surface area contributed by atoms with E-state index in [4.69, 9.17) is 9.52 Å². The van der Waals surface area contributed by atoms with Gasteiger partial charge in [0.05, 0.1) is 6.54 Å². The second kappa shape index (κ2) is 5.92. The van der Waals surface area contributed by atoms with Crippen LogP contribution in [0.15, 0.2) is 34.7 Å². The number of carboxylic acid groups (broad SMARTS) is 1. The summed E-state index contributed by atoms with van der Waals surface area (Å²) in [4.78, 5) is 10.9. The average Bonchev–Trinajstić information content (AvgIpc) is 2.78. The molecule has 4 heteroatoms. The summed E-state index contributed by atoms with van der Waals surface area (Å²) in [6.07, 6.45) is 0. The highest BCUT2D eigenvalue weighted by Gasteiger charge is 2.15. The summed E-state index contributed by atoms with van der Waals surface area (Å²) in [5, 5.41) is 12.3. The molecule has 2 N–H and O–H groups in total. The molecule has 20 heavy (non-hydrogen) atoms. The Morgan fingerprint density at radius 2 is 2.00 bits per heavy atom. The first-order valence-corrected chi connectivity index (χ1v) is 6.60. The molecule has 0 spiro atoms. The fourth-order valence-electron chi connectivity index (χ4n) is 2.28. The highest BCUT2D eigenvalue weighted by Crippen LogP contribution is 2.19. The van der Waals surface area contributed by atoms with Crippen LogP contribution < -0.4 is 5.32 Å². The van der Waals surface area contributed by atoms with E-state index in [1.54, 1.807) is 13.0 Å². The summed E-state index contributed by atoms with van der Waals surface area (Å²) in [5.74, 6) is -0.369. The normalized spacial score (nSPS) is 12.3. The average molecular weight is 273 g/mol. The van der Waals surface area contributed by atoms with Crippen LogP contribution in [0, 0.1) is 13.8 Å². The van der Waals surface area contributed by atoms with Crippen LogP contribution >= 0.6 is 0 Å². The predicted octanol–water partition coefficient (Wildman–Crippen LogP) is 3.45. The molecule has 2 aromatic rings. The van der Waals surface area contributed by atoms with E-state index in [9.17, 15) is 4.79 Å². The van der Waals surface area contributed by atoms with E-state index in [0.29, 0.717) is 17.9 Å². The number of rotatable bonds is 5. The number of aryl methyl sites for hydroxylation is 2. The van der Waals surface area contributed by atoms with Gasteiger partial charge in [0.1, 0.15) is 5.76 Å². The van der Waals surface area contributed by atoms with Crippen molar-refractivity contribution in [3.63, 3.8) is 0 Å². The van der Waals surface area contributed by atoms with Crippen LogP contribution in [0.4, 0.5) is 0 Å². The number of carbonyl (C=O) groups is 1. The van der Waals surface area contributed by atoms with Crippen LogP contribution in [-0.4, -0.2) is 11.1 Å². The van der Waals surface area contributed by atoms with E-state index < -0.39 is 5.97 Å². The molecule has 0 aliphatic carbocycles. The lowest BCUT2D eigenvalue weighted by Gasteiger charge is -2.15. The van der Waals surface area contributed by atoms with Crippen LogP contribution in [0.2, 0.25) is 0 Å². The van der Waals surface area contributed by atoms with Crippen LogP contribution in [0.5, 0.6) is 0 Å². The topological polar surface area (TPSA) is 62.5 Å². The SMILES string of the molecule is Cc1ccccc1C(C)NCc1cc(C)c(C(=O)O)o1. The quantitative estimate of drug-likeness (QED) is 0.876. The Bertz CT molecular complexity index is 616. The van der Waals surface area contributed by atoms with Gasteiger partial charge in [0.25, 0.3) is 0 Å². The van der Waals surface area contributed by atoms with Gasteiger partial charge in [0.15, 0.2) is 0 Å². The summed E-state index contributed by atoms with van der Waals surface area (Å²) in [5.41, 5.74) is 3.11. The maximum atomic E-state index is 10.9. The van der Waals surface area contributed by atoms with Gasteiger partial charge in [-0.3, -0.25) is 0 Å². The molecule has 0 amide bonds.